The number of rotatable bonds is 31. The van der Waals surface area contributed by atoms with E-state index in [-0.39, 0.29) is 35.5 Å². The van der Waals surface area contributed by atoms with Crippen LogP contribution in [-0.2, 0) is 44.6 Å². The minimum atomic E-state index is -0.433. The molecular weight excluding hydrogens is 1990 g/mol. The molecule has 3 aliphatic heterocycles. The minimum absolute atomic E-state index is 0.0313. The molecule has 0 radical (unpaired) electrons. The number of likely N-dealkylation sites (tertiary alicyclic amines) is 2. The fraction of sp³-hybridized carbons (Fsp3) is 0.346. The molecule has 0 spiro atoms. The van der Waals surface area contributed by atoms with E-state index in [0.29, 0.717) is 50.5 Å². The summed E-state index contributed by atoms with van der Waals surface area (Å²) in [5.74, 6) is 1.64. The first kappa shape index (κ1) is 115. The molecule has 4 aliphatic rings. The van der Waals surface area contributed by atoms with Crippen LogP contribution >= 0.6 is 62.3 Å². The molecule has 0 N–H and O–H groups in total. The van der Waals surface area contributed by atoms with Gasteiger partial charge < -0.3 is 33.8 Å². The van der Waals surface area contributed by atoms with E-state index in [1.54, 1.807) is 4.90 Å². The van der Waals surface area contributed by atoms with Crippen LogP contribution in [0.3, 0.4) is 0 Å². The number of amides is 1. The second kappa shape index (κ2) is 59.1. The zero-order valence-electron chi connectivity index (χ0n) is 89.1. The number of likely N-dealkylation sites (N-methyl/N-ethyl adjacent to an activating group) is 1. The molecule has 14 nitrogen and oxygen atoms in total. The van der Waals surface area contributed by atoms with Gasteiger partial charge in [0.25, 0.3) is 0 Å². The SMILES string of the molecule is CC(C)(C)c1ccc(C(=O)CCCN2CCC(OC(c3ccccc3)c3ccccc3)CC2)cc1.CC(C)CC[C@@H](c1ccc(Cl)cc1)c1ccccn1.CCOC(=O)N1CCC(=C2c3ccc(Cl)cc3CCc3cccnc32)CC1.CN(C)CCC(c1ccc(Cl)cc1)c1ccccn1.CN(C)CCOC(C)(c1ccccc1)c1ccc(Br)cc1.Cc1cccc(CN2CCN(C(c3ccccc3)c3ccc(Cl)cc3)CC2)c1. The summed E-state index contributed by atoms with van der Waals surface area (Å²) < 4.78 is 19.2. The van der Waals surface area contributed by atoms with Gasteiger partial charge in [-0.15, -0.1) is 0 Å². The lowest BCUT2D eigenvalue weighted by atomic mass is 9.86. The van der Waals surface area contributed by atoms with E-state index < -0.39 is 5.60 Å². The van der Waals surface area contributed by atoms with E-state index in [4.69, 9.17) is 65.6 Å². The number of aryl methyl sites for hydroxylation is 3. The molecular formula is C130H150BrCl4N9O5. The van der Waals surface area contributed by atoms with Crippen molar-refractivity contribution in [2.24, 2.45) is 5.92 Å². The third-order valence-electron chi connectivity index (χ3n) is 28.1. The van der Waals surface area contributed by atoms with Gasteiger partial charge in [0.2, 0.25) is 0 Å². The van der Waals surface area contributed by atoms with Crippen LogP contribution < -0.4 is 0 Å². The maximum absolute atomic E-state index is 12.7. The number of Topliss-reactive ketones (excluding diaryl/α,β-unsaturated/α-hetero) is 1. The quantitative estimate of drug-likeness (QED) is 0.0384. The summed E-state index contributed by atoms with van der Waals surface area (Å²) in [5, 5.41) is 3.12. The van der Waals surface area contributed by atoms with Crippen molar-refractivity contribution in [2.45, 2.75) is 174 Å². The Kier molecular flexibility index (Phi) is 45.6. The summed E-state index contributed by atoms with van der Waals surface area (Å²) in [6, 6.07) is 115. The van der Waals surface area contributed by atoms with Gasteiger partial charge in [-0.05, 0) is 294 Å². The largest absolute Gasteiger partial charge is 0.450 e. The molecule has 4 atom stereocenters. The number of hydrogen-bond acceptors (Lipinski definition) is 13. The van der Waals surface area contributed by atoms with Gasteiger partial charge >= 0.3 is 6.09 Å². The summed E-state index contributed by atoms with van der Waals surface area (Å²) in [7, 11) is 8.31. The standard InChI is InChI=1S/C32H39NO2.C25H27ClN2.C22H23ClN2O2.C18H22BrNO.C17H20ClN.C16H19ClN2/c1-32(2,3)28-18-16-25(17-19-28)30(34)15-10-22-33-23-20-29(21-24-33)35-31(26-11-6-4-7-12-26)27-13-8-5-9-14-27;1-20-6-5-7-21(18-20)19-27-14-16-28(17-15-27)25(22-8-3-2-4-9-22)23-10-12-24(26)13-11-23;1-2-27-22(26)25-12-9-15(10-13-25)20-19-8-7-18(23)14-17(19)6-5-16-4-3-11-24-21(16)20;1-18(21-14-13-20(2)3,15-7-5-4-6-8-15)16-9-11-17(19)12-10-16;1-13(2)6-11-16(17-5-3-4-12-19-17)14-7-9-15(18)10-8-14;1-19(2)12-10-15(16-5-3-4-11-18-16)13-6-8-14(17)9-7-13/h4-9,11-14,16-19,29,31H,10,15,20-24H2,1-3H3;2-13,18,25H,14-17,19H2,1H3;3-4,7-8,11,14H,2,5-6,9-10,12-13H2,1H3;4-12H,13-14H2,1-3H3;3-5,7-10,12-13,16H,6,11H2,1-2H3;3-9,11,15H,10,12H2,1-2H3/t;;;;16-;/m....0./s1. The van der Waals surface area contributed by atoms with Crippen molar-refractivity contribution in [1.29, 1.82) is 0 Å². The van der Waals surface area contributed by atoms with Gasteiger partial charge in [0.15, 0.2) is 5.78 Å². The van der Waals surface area contributed by atoms with Gasteiger partial charge in [0.05, 0.1) is 31.1 Å². The zero-order valence-corrected chi connectivity index (χ0v) is 93.7. The van der Waals surface area contributed by atoms with Crippen LogP contribution in [0.4, 0.5) is 4.79 Å². The van der Waals surface area contributed by atoms with Crippen molar-refractivity contribution < 1.29 is 23.8 Å². The Hall–Kier alpha value is -11.1. The topological polar surface area (TPSA) is 120 Å². The molecule has 780 valence electrons. The van der Waals surface area contributed by atoms with Gasteiger partial charge in [-0.2, -0.15) is 0 Å². The first-order valence-corrected chi connectivity index (χ1v) is 55.3. The molecule has 3 fully saturated rings. The number of fused-ring (bicyclic) bond motifs is 2. The van der Waals surface area contributed by atoms with Crippen molar-refractivity contribution in [1.82, 2.24) is 44.4 Å². The van der Waals surface area contributed by atoms with Crippen molar-refractivity contribution >= 4 is 79.8 Å². The monoisotopic (exact) mass is 2140 g/mol. The first-order valence-electron chi connectivity index (χ1n) is 53.0. The van der Waals surface area contributed by atoms with E-state index in [1.807, 2.05) is 110 Å². The van der Waals surface area contributed by atoms with Gasteiger partial charge in [-0.25, -0.2) is 4.79 Å². The highest BCUT2D eigenvalue weighted by Crippen LogP contribution is 2.42. The number of ether oxygens (including phenoxy) is 3. The van der Waals surface area contributed by atoms with Gasteiger partial charge in [-0.1, -0.05) is 357 Å². The Morgan fingerprint density at radius 3 is 1.50 bits per heavy atom. The summed E-state index contributed by atoms with van der Waals surface area (Å²) in [6.45, 7) is 30.0. The van der Waals surface area contributed by atoms with Gasteiger partial charge in [0.1, 0.15) is 11.7 Å². The summed E-state index contributed by atoms with van der Waals surface area (Å²) in [4.78, 5) is 52.2. The molecule has 19 heteroatoms. The zero-order chi connectivity index (χ0) is 105. The third-order valence-corrected chi connectivity index (χ3v) is 29.7. The Morgan fingerprint density at radius 1 is 0.463 bits per heavy atom. The van der Waals surface area contributed by atoms with Crippen LogP contribution in [0.2, 0.25) is 20.1 Å². The number of hydrogen-bond donors (Lipinski definition) is 0. The smallest absolute Gasteiger partial charge is 0.409 e. The molecule has 18 rings (SSSR count). The maximum atomic E-state index is 12.7. The maximum Gasteiger partial charge on any atom is 0.409 e. The number of benzene rings is 11. The number of ketones is 1. The highest BCUT2D eigenvalue weighted by Gasteiger charge is 2.34. The second-order valence-corrected chi connectivity index (χ2v) is 43.9. The second-order valence-electron chi connectivity index (χ2n) is 41.2. The third kappa shape index (κ3) is 35.8. The number of pyridine rings is 3. The van der Waals surface area contributed by atoms with Crippen molar-refractivity contribution in [3.63, 3.8) is 0 Å². The molecule has 149 heavy (non-hydrogen) atoms. The van der Waals surface area contributed by atoms with Crippen molar-refractivity contribution in [2.75, 3.05) is 113 Å². The van der Waals surface area contributed by atoms with Crippen LogP contribution in [-0.4, -0.2) is 176 Å². The fourth-order valence-electron chi connectivity index (χ4n) is 19.7. The van der Waals surface area contributed by atoms with Crippen LogP contribution in [0.1, 0.15) is 236 Å². The molecule has 1 aliphatic carbocycles. The molecule has 0 saturated carbocycles. The van der Waals surface area contributed by atoms with E-state index in [2.05, 4.69) is 376 Å². The minimum Gasteiger partial charge on any atom is -0.450 e. The Morgan fingerprint density at radius 2 is 0.966 bits per heavy atom. The number of carbonyl (C=O) groups is 2. The average molecular weight is 2140 g/mol. The van der Waals surface area contributed by atoms with Crippen LogP contribution in [0.25, 0.3) is 5.57 Å². The van der Waals surface area contributed by atoms with Crippen molar-refractivity contribution in [3.8, 4) is 0 Å². The lowest BCUT2D eigenvalue weighted by molar-refractivity contribution is -0.0270. The first-order chi connectivity index (χ1) is 72.1. The number of piperidine rings is 2. The van der Waals surface area contributed by atoms with Crippen LogP contribution in [0.5, 0.6) is 0 Å². The molecule has 14 aromatic rings. The van der Waals surface area contributed by atoms with E-state index in [1.165, 1.54) is 89.9 Å². The summed E-state index contributed by atoms with van der Waals surface area (Å²) in [5.41, 5.74) is 24.2. The number of halogens is 5. The predicted octanol–water partition coefficient (Wildman–Crippen LogP) is 31.1. The molecule has 1 amide bonds. The van der Waals surface area contributed by atoms with E-state index in [0.717, 1.165) is 176 Å². The molecule has 6 heterocycles. The number of carbonyl (C=O) groups excluding carboxylic acids is 2. The molecule has 3 saturated heterocycles. The number of aromatic nitrogens is 3. The Bertz CT molecular complexity index is 6220. The highest BCUT2D eigenvalue weighted by atomic mass is 79.9. The lowest BCUT2D eigenvalue weighted by Gasteiger charge is -2.40. The summed E-state index contributed by atoms with van der Waals surface area (Å²) >= 11 is 27.8. The molecule has 11 aromatic carbocycles. The predicted molar refractivity (Wildman–Crippen MR) is 623 cm³/mol. The Balaban J connectivity index is 0.000000151. The molecule has 0 bridgehead atoms. The number of piperazine rings is 1. The van der Waals surface area contributed by atoms with E-state index >= 15 is 0 Å². The molecule has 3 unspecified atom stereocenters. The highest BCUT2D eigenvalue weighted by molar-refractivity contribution is 9.10. The fourth-order valence-corrected chi connectivity index (χ4v) is 20.6. The summed E-state index contributed by atoms with van der Waals surface area (Å²) in [6.07, 6.45) is 16.1. The van der Waals surface area contributed by atoms with Crippen molar-refractivity contribution in [3.05, 3.63) is 483 Å². The lowest BCUT2D eigenvalue weighted by Crippen LogP contribution is -2.47. The van der Waals surface area contributed by atoms with E-state index in [9.17, 15) is 9.59 Å². The van der Waals surface area contributed by atoms with Gasteiger partial charge in [0, 0.05) is 149 Å². The molecule has 3 aromatic heterocycles. The van der Waals surface area contributed by atoms with Crippen LogP contribution in [0.15, 0.2) is 362 Å². The van der Waals surface area contributed by atoms with Crippen LogP contribution in [0, 0.1) is 12.8 Å². The normalized spacial score (nSPS) is 15.0. The average Bonchev–Trinajstić information content (AvgIpc) is 1.63. The number of nitrogens with zero attached hydrogens (tertiary/aromatic N) is 9. The Labute approximate surface area is 916 Å². The van der Waals surface area contributed by atoms with Gasteiger partial charge in [-0.3, -0.25) is 29.5 Å².